The lowest BCUT2D eigenvalue weighted by Gasteiger charge is -2.26. The number of nitrogens with one attached hydrogen (secondary N) is 3. The van der Waals surface area contributed by atoms with Crippen LogP contribution in [0.3, 0.4) is 0 Å². The van der Waals surface area contributed by atoms with E-state index < -0.39 is 0 Å². The number of aliphatic imine (C=N–C) groups is 1. The van der Waals surface area contributed by atoms with Crippen LogP contribution >= 0.6 is 0 Å². The van der Waals surface area contributed by atoms with Crippen LogP contribution in [0, 0.1) is 5.92 Å². The van der Waals surface area contributed by atoms with Crippen molar-refractivity contribution in [2.24, 2.45) is 10.9 Å². The van der Waals surface area contributed by atoms with Crippen LogP contribution in [0.2, 0.25) is 0 Å². The lowest BCUT2D eigenvalue weighted by Crippen LogP contribution is -2.42. The molecule has 0 radical (unpaired) electrons. The summed E-state index contributed by atoms with van der Waals surface area (Å²) in [4.78, 5) is 18.5. The fourth-order valence-corrected chi connectivity index (χ4v) is 2.22. The summed E-state index contributed by atoms with van der Waals surface area (Å²) >= 11 is 0. The molecule has 3 N–H and O–H groups in total. The molecule has 0 bridgehead atoms. The van der Waals surface area contributed by atoms with Gasteiger partial charge in [0.15, 0.2) is 5.96 Å². The highest BCUT2D eigenvalue weighted by Gasteiger charge is 2.09. The van der Waals surface area contributed by atoms with Crippen molar-refractivity contribution in [1.29, 1.82) is 0 Å². The van der Waals surface area contributed by atoms with Gasteiger partial charge in [0.1, 0.15) is 0 Å². The molecule has 0 aromatic heterocycles. The predicted molar refractivity (Wildman–Crippen MR) is 93.7 cm³/mol. The Morgan fingerprint density at radius 2 is 1.87 bits per heavy atom. The van der Waals surface area contributed by atoms with E-state index in [0.717, 1.165) is 58.3 Å². The SMILES string of the molecule is CCNC(=NCCCN1CCOCC1)NCCNC(=O)C(C)C. The topological polar surface area (TPSA) is 78.0 Å². The van der Waals surface area contributed by atoms with E-state index in [1.165, 1.54) is 0 Å². The van der Waals surface area contributed by atoms with Crippen LogP contribution in [0.4, 0.5) is 0 Å². The Labute approximate surface area is 140 Å². The Hall–Kier alpha value is -1.34. The van der Waals surface area contributed by atoms with Gasteiger partial charge in [-0.3, -0.25) is 14.7 Å². The van der Waals surface area contributed by atoms with Crippen molar-refractivity contribution in [3.63, 3.8) is 0 Å². The van der Waals surface area contributed by atoms with E-state index in [4.69, 9.17) is 4.74 Å². The number of amides is 1. The summed E-state index contributed by atoms with van der Waals surface area (Å²) in [7, 11) is 0. The molecule has 0 spiro atoms. The van der Waals surface area contributed by atoms with Crippen molar-refractivity contribution < 1.29 is 9.53 Å². The Balaban J connectivity index is 2.17. The van der Waals surface area contributed by atoms with Crippen molar-refractivity contribution >= 4 is 11.9 Å². The highest BCUT2D eigenvalue weighted by atomic mass is 16.5. The van der Waals surface area contributed by atoms with Crippen LogP contribution in [0.15, 0.2) is 4.99 Å². The minimum absolute atomic E-state index is 0.0251. The summed E-state index contributed by atoms with van der Waals surface area (Å²) in [5, 5.41) is 9.36. The lowest BCUT2D eigenvalue weighted by molar-refractivity contribution is -0.123. The van der Waals surface area contributed by atoms with E-state index >= 15 is 0 Å². The first kappa shape index (κ1) is 19.7. The monoisotopic (exact) mass is 327 g/mol. The molecule has 0 atom stereocenters. The van der Waals surface area contributed by atoms with E-state index in [2.05, 4.69) is 25.8 Å². The quantitative estimate of drug-likeness (QED) is 0.317. The Bertz CT molecular complexity index is 354. The van der Waals surface area contributed by atoms with E-state index in [-0.39, 0.29) is 11.8 Å². The molecule has 1 saturated heterocycles. The molecule has 134 valence electrons. The number of guanidine groups is 1. The predicted octanol–water partition coefficient (Wildman–Crippen LogP) is 0.0360. The first-order valence-corrected chi connectivity index (χ1v) is 8.73. The largest absolute Gasteiger partial charge is 0.379 e. The van der Waals surface area contributed by atoms with Gasteiger partial charge < -0.3 is 20.7 Å². The Morgan fingerprint density at radius 1 is 1.17 bits per heavy atom. The maximum atomic E-state index is 11.5. The number of hydrogen-bond donors (Lipinski definition) is 3. The van der Waals surface area contributed by atoms with Crippen molar-refractivity contribution in [2.45, 2.75) is 27.2 Å². The van der Waals surface area contributed by atoms with E-state index in [0.29, 0.717) is 13.1 Å². The average Bonchev–Trinajstić information content (AvgIpc) is 2.55. The van der Waals surface area contributed by atoms with Gasteiger partial charge in [0.25, 0.3) is 0 Å². The van der Waals surface area contributed by atoms with Gasteiger partial charge in [-0.15, -0.1) is 0 Å². The van der Waals surface area contributed by atoms with Crippen LogP contribution in [0.25, 0.3) is 0 Å². The molecule has 0 aromatic carbocycles. The number of carbonyl (C=O) groups excluding carboxylic acids is 1. The summed E-state index contributed by atoms with van der Waals surface area (Å²) in [6.45, 7) is 13.5. The molecule has 0 saturated carbocycles. The number of rotatable bonds is 9. The second kappa shape index (κ2) is 12.1. The molecule has 0 unspecified atom stereocenters. The maximum Gasteiger partial charge on any atom is 0.222 e. The summed E-state index contributed by atoms with van der Waals surface area (Å²) in [6, 6.07) is 0. The van der Waals surface area contributed by atoms with Crippen LogP contribution < -0.4 is 16.0 Å². The fourth-order valence-electron chi connectivity index (χ4n) is 2.22. The highest BCUT2D eigenvalue weighted by Crippen LogP contribution is 1.98. The zero-order chi connectivity index (χ0) is 16.9. The van der Waals surface area contributed by atoms with Crippen molar-refractivity contribution in [2.75, 3.05) is 59.0 Å². The van der Waals surface area contributed by atoms with E-state index in [1.807, 2.05) is 20.8 Å². The van der Waals surface area contributed by atoms with Gasteiger partial charge in [0.05, 0.1) is 13.2 Å². The first-order valence-electron chi connectivity index (χ1n) is 8.73. The van der Waals surface area contributed by atoms with Gasteiger partial charge >= 0.3 is 0 Å². The van der Waals surface area contributed by atoms with Crippen molar-refractivity contribution in [3.05, 3.63) is 0 Å². The van der Waals surface area contributed by atoms with Crippen LogP contribution in [-0.4, -0.2) is 75.8 Å². The third kappa shape index (κ3) is 9.40. The number of nitrogens with zero attached hydrogens (tertiary/aromatic N) is 2. The molecule has 1 aliphatic heterocycles. The standard InChI is InChI=1S/C16H33N5O2/c1-4-17-16(20-8-7-18-15(22)14(2)3)19-6-5-9-21-10-12-23-13-11-21/h14H,4-13H2,1-3H3,(H,18,22)(H2,17,19,20). The normalized spacial score (nSPS) is 16.4. The second-order valence-corrected chi connectivity index (χ2v) is 5.94. The molecular weight excluding hydrogens is 294 g/mol. The summed E-state index contributed by atoms with van der Waals surface area (Å²) in [6.07, 6.45) is 1.04. The highest BCUT2D eigenvalue weighted by molar-refractivity contribution is 5.80. The minimum atomic E-state index is 0.0251. The summed E-state index contributed by atoms with van der Waals surface area (Å²) in [5.41, 5.74) is 0. The van der Waals surface area contributed by atoms with E-state index in [1.54, 1.807) is 0 Å². The van der Waals surface area contributed by atoms with Crippen LogP contribution in [-0.2, 0) is 9.53 Å². The minimum Gasteiger partial charge on any atom is -0.379 e. The second-order valence-electron chi connectivity index (χ2n) is 5.94. The van der Waals surface area contributed by atoms with Crippen LogP contribution in [0.1, 0.15) is 27.2 Å². The third-order valence-electron chi connectivity index (χ3n) is 3.59. The number of hydrogen-bond acceptors (Lipinski definition) is 4. The molecule has 1 amide bonds. The summed E-state index contributed by atoms with van der Waals surface area (Å²) < 4.78 is 5.34. The molecule has 7 nitrogen and oxygen atoms in total. The fraction of sp³-hybridized carbons (Fsp3) is 0.875. The molecule has 1 rings (SSSR count). The molecule has 1 heterocycles. The van der Waals surface area contributed by atoms with Crippen molar-refractivity contribution in [3.8, 4) is 0 Å². The maximum absolute atomic E-state index is 11.5. The molecule has 23 heavy (non-hydrogen) atoms. The first-order chi connectivity index (χ1) is 11.1. The number of carbonyl (C=O) groups is 1. The molecular formula is C16H33N5O2. The Morgan fingerprint density at radius 3 is 2.52 bits per heavy atom. The number of ether oxygens (including phenoxy) is 1. The molecule has 1 fully saturated rings. The zero-order valence-corrected chi connectivity index (χ0v) is 14.9. The zero-order valence-electron chi connectivity index (χ0n) is 14.9. The molecule has 0 aromatic rings. The lowest BCUT2D eigenvalue weighted by atomic mass is 10.2. The Kier molecular flexibility index (Phi) is 10.4. The number of morpholine rings is 1. The van der Waals surface area contributed by atoms with Gasteiger partial charge in [0.2, 0.25) is 5.91 Å². The third-order valence-corrected chi connectivity index (χ3v) is 3.59. The molecule has 1 aliphatic rings. The van der Waals surface area contributed by atoms with Gasteiger partial charge in [-0.05, 0) is 13.3 Å². The van der Waals surface area contributed by atoms with Gasteiger partial charge in [-0.1, -0.05) is 13.8 Å². The molecule has 7 heteroatoms. The van der Waals surface area contributed by atoms with Gasteiger partial charge in [0, 0.05) is 51.7 Å². The van der Waals surface area contributed by atoms with Gasteiger partial charge in [-0.2, -0.15) is 0 Å². The molecule has 0 aliphatic carbocycles. The van der Waals surface area contributed by atoms with Crippen molar-refractivity contribution in [1.82, 2.24) is 20.9 Å². The van der Waals surface area contributed by atoms with Crippen LogP contribution in [0.5, 0.6) is 0 Å². The summed E-state index contributed by atoms with van der Waals surface area (Å²) in [5.74, 6) is 0.921. The van der Waals surface area contributed by atoms with E-state index in [9.17, 15) is 4.79 Å². The average molecular weight is 327 g/mol. The smallest absolute Gasteiger partial charge is 0.222 e. The van der Waals surface area contributed by atoms with Gasteiger partial charge in [-0.25, -0.2) is 0 Å².